The maximum Gasteiger partial charge on any atom is 0.224 e. The van der Waals surface area contributed by atoms with E-state index in [1.807, 2.05) is 0 Å². The van der Waals surface area contributed by atoms with Crippen molar-refractivity contribution in [1.29, 1.82) is 0 Å². The van der Waals surface area contributed by atoms with Crippen molar-refractivity contribution in [2.24, 2.45) is 17.3 Å². The quantitative estimate of drug-likeness (QED) is 0.610. The molecule has 1 aliphatic heterocycles. The molecule has 0 unspecified atom stereocenters. The third kappa shape index (κ3) is 0.766. The predicted molar refractivity (Wildman–Crippen MR) is 46.9 cm³/mol. The van der Waals surface area contributed by atoms with E-state index < -0.39 is 0 Å². The van der Waals surface area contributed by atoms with Gasteiger partial charge in [0.25, 0.3) is 0 Å². The Morgan fingerprint density at radius 2 is 2.15 bits per heavy atom. The van der Waals surface area contributed by atoms with Crippen LogP contribution in [-0.4, -0.2) is 23.7 Å². The third-order valence-corrected chi connectivity index (χ3v) is 4.31. The van der Waals surface area contributed by atoms with Gasteiger partial charge in [-0.05, 0) is 24.2 Å². The van der Waals surface area contributed by atoms with E-state index in [4.69, 9.17) is 5.11 Å². The first kappa shape index (κ1) is 7.80. The summed E-state index contributed by atoms with van der Waals surface area (Å²) in [5.74, 6) is 0.922. The summed E-state index contributed by atoms with van der Waals surface area (Å²) >= 11 is 0. The van der Waals surface area contributed by atoms with Gasteiger partial charge in [0.15, 0.2) is 0 Å². The SMILES string of the molecule is O=C1N[C@H](CO)[C@@H]2[C@H]1C21CCCC1. The Balaban J connectivity index is 1.87. The van der Waals surface area contributed by atoms with Gasteiger partial charge in [-0.1, -0.05) is 12.8 Å². The van der Waals surface area contributed by atoms with E-state index in [1.165, 1.54) is 25.7 Å². The topological polar surface area (TPSA) is 49.3 Å². The van der Waals surface area contributed by atoms with E-state index in [-0.39, 0.29) is 24.5 Å². The number of amides is 1. The van der Waals surface area contributed by atoms with E-state index in [0.29, 0.717) is 11.3 Å². The molecule has 1 amide bonds. The summed E-state index contributed by atoms with van der Waals surface area (Å²) in [4.78, 5) is 11.5. The fourth-order valence-corrected chi connectivity index (χ4v) is 3.78. The van der Waals surface area contributed by atoms with Crippen LogP contribution in [0.5, 0.6) is 0 Å². The number of carbonyl (C=O) groups is 1. The first-order valence-electron chi connectivity index (χ1n) is 5.21. The number of hydrogen-bond acceptors (Lipinski definition) is 2. The second-order valence-corrected chi connectivity index (χ2v) is 4.74. The summed E-state index contributed by atoms with van der Waals surface area (Å²) in [5.41, 5.74) is 0.329. The molecule has 0 aromatic rings. The van der Waals surface area contributed by atoms with Crippen LogP contribution in [0.3, 0.4) is 0 Å². The van der Waals surface area contributed by atoms with E-state index in [9.17, 15) is 4.79 Å². The van der Waals surface area contributed by atoms with Gasteiger partial charge in [-0.15, -0.1) is 0 Å². The van der Waals surface area contributed by atoms with Gasteiger partial charge < -0.3 is 10.4 Å². The molecule has 72 valence electrons. The van der Waals surface area contributed by atoms with E-state index in [2.05, 4.69) is 5.32 Å². The Labute approximate surface area is 77.5 Å². The van der Waals surface area contributed by atoms with Gasteiger partial charge >= 0.3 is 0 Å². The van der Waals surface area contributed by atoms with Gasteiger partial charge in [0, 0.05) is 5.92 Å². The van der Waals surface area contributed by atoms with Crippen LogP contribution >= 0.6 is 0 Å². The third-order valence-electron chi connectivity index (χ3n) is 4.31. The Morgan fingerprint density at radius 1 is 1.46 bits per heavy atom. The summed E-state index contributed by atoms with van der Waals surface area (Å²) in [5, 5.41) is 12.0. The summed E-state index contributed by atoms with van der Waals surface area (Å²) in [7, 11) is 0. The zero-order valence-electron chi connectivity index (χ0n) is 7.62. The zero-order chi connectivity index (χ0) is 9.05. The molecule has 3 fully saturated rings. The molecule has 1 spiro atoms. The van der Waals surface area contributed by atoms with Crippen molar-refractivity contribution >= 4 is 5.91 Å². The van der Waals surface area contributed by atoms with Crippen LogP contribution in [-0.2, 0) is 4.79 Å². The summed E-state index contributed by atoms with van der Waals surface area (Å²) in [6, 6.07) is 0.0654. The van der Waals surface area contributed by atoms with Crippen LogP contribution in [0.1, 0.15) is 25.7 Å². The average molecular weight is 181 g/mol. The molecule has 0 radical (unpaired) electrons. The molecule has 3 heteroatoms. The van der Waals surface area contributed by atoms with Crippen molar-refractivity contribution in [1.82, 2.24) is 5.32 Å². The molecular formula is C10H15NO2. The molecule has 13 heavy (non-hydrogen) atoms. The Kier molecular flexibility index (Phi) is 1.36. The van der Waals surface area contributed by atoms with Gasteiger partial charge in [-0.25, -0.2) is 0 Å². The number of fused-ring (bicyclic) bond motifs is 3. The average Bonchev–Trinajstić information content (AvgIpc) is 2.47. The summed E-state index contributed by atoms with van der Waals surface area (Å²) in [6.07, 6.45) is 4.98. The molecule has 2 aliphatic carbocycles. The Bertz CT molecular complexity index is 258. The number of carbonyl (C=O) groups excluding carboxylic acids is 1. The number of nitrogens with one attached hydrogen (secondary N) is 1. The van der Waals surface area contributed by atoms with E-state index in [1.54, 1.807) is 0 Å². The van der Waals surface area contributed by atoms with Crippen molar-refractivity contribution in [2.75, 3.05) is 6.61 Å². The maximum atomic E-state index is 11.5. The minimum Gasteiger partial charge on any atom is -0.394 e. The first-order chi connectivity index (χ1) is 6.29. The monoisotopic (exact) mass is 181 g/mol. The standard InChI is InChI=1S/C10H15NO2/c12-5-6-7-8(9(13)11-6)10(7)3-1-2-4-10/h6-8,12H,1-5H2,(H,11,13)/t6-,7-,8-/m1/s1. The van der Waals surface area contributed by atoms with E-state index >= 15 is 0 Å². The lowest BCUT2D eigenvalue weighted by atomic mass is 9.96. The smallest absolute Gasteiger partial charge is 0.224 e. The molecular weight excluding hydrogens is 166 g/mol. The van der Waals surface area contributed by atoms with Gasteiger partial charge in [-0.2, -0.15) is 0 Å². The fourth-order valence-electron chi connectivity index (χ4n) is 3.78. The van der Waals surface area contributed by atoms with Crippen molar-refractivity contribution in [3.8, 4) is 0 Å². The van der Waals surface area contributed by atoms with Crippen LogP contribution in [0.25, 0.3) is 0 Å². The number of aliphatic hydroxyl groups is 1. The lowest BCUT2D eigenvalue weighted by Crippen LogP contribution is -2.37. The lowest BCUT2D eigenvalue weighted by molar-refractivity contribution is -0.122. The highest BCUT2D eigenvalue weighted by Gasteiger charge is 2.73. The van der Waals surface area contributed by atoms with Gasteiger partial charge in [0.05, 0.1) is 12.6 Å². The second kappa shape index (κ2) is 2.27. The highest BCUT2D eigenvalue weighted by molar-refractivity contribution is 5.87. The molecule has 0 bridgehead atoms. The predicted octanol–water partition coefficient (Wildman–Crippen LogP) is 0.283. The molecule has 2 saturated carbocycles. The molecule has 2 N–H and O–H groups in total. The van der Waals surface area contributed by atoms with Crippen molar-refractivity contribution in [2.45, 2.75) is 31.7 Å². The largest absolute Gasteiger partial charge is 0.394 e. The molecule has 3 rings (SSSR count). The minimum absolute atomic E-state index is 0.0654. The van der Waals surface area contributed by atoms with Gasteiger partial charge in [0.1, 0.15) is 0 Å². The number of hydrogen-bond donors (Lipinski definition) is 2. The first-order valence-corrected chi connectivity index (χ1v) is 5.21. The van der Waals surface area contributed by atoms with Crippen LogP contribution < -0.4 is 5.32 Å². The summed E-state index contributed by atoms with van der Waals surface area (Å²) in [6.45, 7) is 0.120. The van der Waals surface area contributed by atoms with Crippen LogP contribution in [0.2, 0.25) is 0 Å². The van der Waals surface area contributed by atoms with E-state index in [0.717, 1.165) is 0 Å². The van der Waals surface area contributed by atoms with Crippen molar-refractivity contribution in [3.05, 3.63) is 0 Å². The Morgan fingerprint density at radius 3 is 2.77 bits per heavy atom. The highest BCUT2D eigenvalue weighted by Crippen LogP contribution is 2.70. The normalized spacial score (nSPS) is 45.0. The second-order valence-electron chi connectivity index (χ2n) is 4.74. The number of piperidine rings is 1. The fraction of sp³-hybridized carbons (Fsp3) is 0.900. The van der Waals surface area contributed by atoms with Gasteiger partial charge in [0.2, 0.25) is 5.91 Å². The maximum absolute atomic E-state index is 11.5. The lowest BCUT2D eigenvalue weighted by Gasteiger charge is -2.18. The van der Waals surface area contributed by atoms with Crippen molar-refractivity contribution < 1.29 is 9.90 Å². The number of rotatable bonds is 1. The van der Waals surface area contributed by atoms with Crippen molar-refractivity contribution in [3.63, 3.8) is 0 Å². The molecule has 3 nitrogen and oxygen atoms in total. The molecule has 0 aromatic carbocycles. The minimum atomic E-state index is 0.0654. The summed E-state index contributed by atoms with van der Waals surface area (Å²) < 4.78 is 0. The number of aliphatic hydroxyl groups excluding tert-OH is 1. The zero-order valence-corrected chi connectivity index (χ0v) is 7.62. The molecule has 1 saturated heterocycles. The van der Waals surface area contributed by atoms with Crippen LogP contribution in [0.15, 0.2) is 0 Å². The molecule has 0 aromatic heterocycles. The van der Waals surface area contributed by atoms with Crippen LogP contribution in [0, 0.1) is 17.3 Å². The Hall–Kier alpha value is -0.570. The molecule has 1 heterocycles. The highest BCUT2D eigenvalue weighted by atomic mass is 16.3. The molecule has 3 atom stereocenters. The van der Waals surface area contributed by atoms with Crippen LogP contribution in [0.4, 0.5) is 0 Å². The van der Waals surface area contributed by atoms with Gasteiger partial charge in [-0.3, -0.25) is 4.79 Å². The molecule has 3 aliphatic rings.